The van der Waals surface area contributed by atoms with Crippen LogP contribution in [0.4, 0.5) is 11.4 Å². The van der Waals surface area contributed by atoms with E-state index >= 15 is 0 Å². The topological polar surface area (TPSA) is 78.5 Å². The molecule has 2 aromatic rings. The Morgan fingerprint density at radius 3 is 2.50 bits per heavy atom. The number of anilines is 2. The van der Waals surface area contributed by atoms with Crippen molar-refractivity contribution in [2.24, 2.45) is 11.8 Å². The molecule has 0 radical (unpaired) electrons. The van der Waals surface area contributed by atoms with Crippen LogP contribution in [0.5, 0.6) is 0 Å². The number of amides is 3. The molecule has 0 unspecified atom stereocenters. The third-order valence-electron chi connectivity index (χ3n) is 6.55. The number of para-hydroxylation sites is 1. The molecule has 0 saturated carbocycles. The summed E-state index contributed by atoms with van der Waals surface area (Å²) in [7, 11) is 0. The lowest BCUT2D eigenvalue weighted by Gasteiger charge is -2.29. The van der Waals surface area contributed by atoms with E-state index in [9.17, 15) is 14.4 Å². The molecule has 154 valence electrons. The number of carbonyl (C=O) groups is 3. The van der Waals surface area contributed by atoms with Crippen molar-refractivity contribution in [3.63, 3.8) is 0 Å². The summed E-state index contributed by atoms with van der Waals surface area (Å²) in [5, 5.41) is 6.39. The van der Waals surface area contributed by atoms with Crippen LogP contribution in [0, 0.1) is 18.8 Å². The maximum absolute atomic E-state index is 13.7. The van der Waals surface area contributed by atoms with Crippen molar-refractivity contribution in [1.29, 1.82) is 0 Å². The molecule has 0 aliphatic carbocycles. The molecule has 3 amide bonds. The van der Waals surface area contributed by atoms with Crippen LogP contribution in [0.15, 0.2) is 48.5 Å². The van der Waals surface area contributed by atoms with Gasteiger partial charge in [0.05, 0.1) is 17.5 Å². The lowest BCUT2D eigenvalue weighted by molar-refractivity contribution is -0.130. The number of carbonyl (C=O) groups excluding carboxylic acids is 3. The first-order valence-electron chi connectivity index (χ1n) is 10.1. The summed E-state index contributed by atoms with van der Waals surface area (Å²) >= 11 is 1.69. The molecule has 2 saturated heterocycles. The monoisotopic (exact) mass is 421 g/mol. The van der Waals surface area contributed by atoms with Crippen LogP contribution in [-0.2, 0) is 19.9 Å². The van der Waals surface area contributed by atoms with E-state index in [1.807, 2.05) is 49.6 Å². The second-order valence-corrected chi connectivity index (χ2v) is 9.18. The summed E-state index contributed by atoms with van der Waals surface area (Å²) in [5.41, 5.74) is 1.86. The molecule has 30 heavy (non-hydrogen) atoms. The average Bonchev–Trinajstić information content (AvgIpc) is 3.32. The quantitative estimate of drug-likeness (QED) is 0.742. The molecule has 6 nitrogen and oxygen atoms in total. The third kappa shape index (κ3) is 2.51. The van der Waals surface area contributed by atoms with Crippen LogP contribution in [0.2, 0.25) is 0 Å². The van der Waals surface area contributed by atoms with Crippen LogP contribution in [0.1, 0.15) is 17.5 Å². The zero-order valence-corrected chi connectivity index (χ0v) is 17.7. The van der Waals surface area contributed by atoms with Gasteiger partial charge < -0.3 is 5.32 Å². The van der Waals surface area contributed by atoms with Crippen molar-refractivity contribution in [3.8, 4) is 0 Å². The SMILES string of the molecule is CSCC[C@@H]1N[C@]2(C(=O)Nc3ccccc32)[C@@H]2C(=O)N(c3ccc(C)cc3)C(=O)[C@@H]12. The van der Waals surface area contributed by atoms with Crippen molar-refractivity contribution < 1.29 is 14.4 Å². The van der Waals surface area contributed by atoms with E-state index < -0.39 is 17.4 Å². The van der Waals surface area contributed by atoms with Gasteiger partial charge in [-0.15, -0.1) is 0 Å². The van der Waals surface area contributed by atoms with Gasteiger partial charge in [0.25, 0.3) is 0 Å². The minimum Gasteiger partial charge on any atom is -0.324 e. The molecular formula is C23H23N3O3S. The van der Waals surface area contributed by atoms with E-state index in [1.54, 1.807) is 23.9 Å². The number of benzene rings is 2. The molecule has 4 atom stereocenters. The van der Waals surface area contributed by atoms with Gasteiger partial charge in [-0.1, -0.05) is 35.9 Å². The van der Waals surface area contributed by atoms with E-state index in [2.05, 4.69) is 10.6 Å². The fourth-order valence-electron chi connectivity index (χ4n) is 5.20. The highest BCUT2D eigenvalue weighted by Crippen LogP contribution is 2.53. The number of thioether (sulfide) groups is 1. The van der Waals surface area contributed by atoms with Crippen molar-refractivity contribution in [3.05, 3.63) is 59.7 Å². The van der Waals surface area contributed by atoms with Crippen LogP contribution < -0.4 is 15.5 Å². The Labute approximate surface area is 179 Å². The minimum atomic E-state index is -1.21. The van der Waals surface area contributed by atoms with E-state index in [4.69, 9.17) is 0 Å². The lowest BCUT2D eigenvalue weighted by atomic mass is 9.76. The molecule has 2 aromatic carbocycles. The predicted octanol–water partition coefficient (Wildman–Crippen LogP) is 2.67. The highest BCUT2D eigenvalue weighted by Gasteiger charge is 2.70. The van der Waals surface area contributed by atoms with Crippen LogP contribution in [-0.4, -0.2) is 35.8 Å². The Bertz CT molecular complexity index is 1050. The Balaban J connectivity index is 1.64. The highest BCUT2D eigenvalue weighted by molar-refractivity contribution is 7.98. The number of imide groups is 1. The molecule has 3 aliphatic heterocycles. The first kappa shape index (κ1) is 19.3. The predicted molar refractivity (Wildman–Crippen MR) is 117 cm³/mol. The largest absolute Gasteiger partial charge is 0.324 e. The van der Waals surface area contributed by atoms with Crippen LogP contribution >= 0.6 is 11.8 Å². The number of nitrogens with one attached hydrogen (secondary N) is 2. The second kappa shape index (κ2) is 6.96. The van der Waals surface area contributed by atoms with Crippen LogP contribution in [0.25, 0.3) is 0 Å². The summed E-state index contributed by atoms with van der Waals surface area (Å²) in [6.07, 6.45) is 2.72. The smallest absolute Gasteiger partial charge is 0.250 e. The highest BCUT2D eigenvalue weighted by atomic mass is 32.2. The van der Waals surface area contributed by atoms with Gasteiger partial charge in [-0.2, -0.15) is 11.8 Å². The van der Waals surface area contributed by atoms with Gasteiger partial charge in [0.15, 0.2) is 0 Å². The standard InChI is InChI=1S/C23H23N3O3S/c1-13-7-9-14(10-8-13)26-20(27)18-17(11-12-30-2)25-23(19(18)21(26)28)15-5-3-4-6-16(15)24-22(23)29/h3-10,17-19,25H,11-12H2,1-2H3,(H,24,29)/t17-,18-,19-,23-/m0/s1. The van der Waals surface area contributed by atoms with E-state index in [0.717, 1.165) is 16.9 Å². The Hall–Kier alpha value is -2.64. The molecule has 0 aromatic heterocycles. The van der Waals surface area contributed by atoms with Crippen molar-refractivity contribution in [2.45, 2.75) is 24.9 Å². The number of rotatable bonds is 4. The first-order chi connectivity index (χ1) is 14.5. The van der Waals surface area contributed by atoms with Crippen LogP contribution in [0.3, 0.4) is 0 Å². The molecule has 0 bridgehead atoms. The lowest BCUT2D eigenvalue weighted by Crippen LogP contribution is -2.53. The van der Waals surface area contributed by atoms with E-state index in [1.165, 1.54) is 4.90 Å². The van der Waals surface area contributed by atoms with Gasteiger partial charge in [0.1, 0.15) is 5.54 Å². The number of hydrogen-bond acceptors (Lipinski definition) is 5. The zero-order valence-electron chi connectivity index (χ0n) is 16.8. The maximum Gasteiger partial charge on any atom is 0.250 e. The van der Waals surface area contributed by atoms with Gasteiger partial charge in [-0.25, -0.2) is 4.90 Å². The normalized spacial score (nSPS) is 29.5. The van der Waals surface area contributed by atoms with Gasteiger partial charge in [-0.3, -0.25) is 19.7 Å². The molecule has 3 heterocycles. The van der Waals surface area contributed by atoms with Gasteiger partial charge in [0, 0.05) is 17.3 Å². The number of nitrogens with zero attached hydrogens (tertiary/aromatic N) is 1. The number of fused-ring (bicyclic) bond motifs is 4. The van der Waals surface area contributed by atoms with Crippen molar-refractivity contribution in [1.82, 2.24) is 5.32 Å². The molecule has 2 fully saturated rings. The first-order valence-corrected chi connectivity index (χ1v) is 11.5. The Kier molecular flexibility index (Phi) is 4.48. The molecule has 3 aliphatic rings. The summed E-state index contributed by atoms with van der Waals surface area (Å²) in [5.74, 6) is -1.27. The van der Waals surface area contributed by atoms with Crippen molar-refractivity contribution >= 4 is 40.9 Å². The zero-order chi connectivity index (χ0) is 21.0. The Morgan fingerprint density at radius 1 is 1.03 bits per heavy atom. The molecule has 2 N–H and O–H groups in total. The van der Waals surface area contributed by atoms with Crippen molar-refractivity contribution in [2.75, 3.05) is 22.2 Å². The molecular weight excluding hydrogens is 398 g/mol. The molecule has 7 heteroatoms. The molecule has 5 rings (SSSR count). The van der Waals surface area contributed by atoms with Gasteiger partial charge in [-0.05, 0) is 43.6 Å². The minimum absolute atomic E-state index is 0.221. The third-order valence-corrected chi connectivity index (χ3v) is 7.19. The summed E-state index contributed by atoms with van der Waals surface area (Å²) in [6, 6.07) is 14.6. The van der Waals surface area contributed by atoms with E-state index in [-0.39, 0.29) is 23.8 Å². The summed E-state index contributed by atoms with van der Waals surface area (Å²) in [4.78, 5) is 41.8. The summed E-state index contributed by atoms with van der Waals surface area (Å²) < 4.78 is 0. The van der Waals surface area contributed by atoms with Gasteiger partial charge >= 0.3 is 0 Å². The second-order valence-electron chi connectivity index (χ2n) is 8.19. The molecule has 1 spiro atoms. The number of hydrogen-bond donors (Lipinski definition) is 2. The Morgan fingerprint density at radius 2 is 1.77 bits per heavy atom. The maximum atomic E-state index is 13.7. The fraction of sp³-hybridized carbons (Fsp3) is 0.348. The van der Waals surface area contributed by atoms with E-state index in [0.29, 0.717) is 17.8 Å². The summed E-state index contributed by atoms with van der Waals surface area (Å²) in [6.45, 7) is 1.96. The number of aryl methyl sites for hydroxylation is 1. The average molecular weight is 422 g/mol. The fourth-order valence-corrected chi connectivity index (χ4v) is 5.69. The van der Waals surface area contributed by atoms with Gasteiger partial charge in [0.2, 0.25) is 17.7 Å².